The quantitative estimate of drug-likeness (QED) is 0.516. The first-order chi connectivity index (χ1) is 15.5. The van der Waals surface area contributed by atoms with Gasteiger partial charge in [-0.3, -0.25) is 9.10 Å². The molecule has 33 heavy (non-hydrogen) atoms. The van der Waals surface area contributed by atoms with Crippen molar-refractivity contribution in [2.24, 2.45) is 0 Å². The Morgan fingerprint density at radius 2 is 1.45 bits per heavy atom. The molecule has 0 aliphatic rings. The molecule has 0 saturated carbocycles. The van der Waals surface area contributed by atoms with Crippen LogP contribution in [0.15, 0.2) is 65.6 Å². The highest BCUT2D eigenvalue weighted by Crippen LogP contribution is 2.28. The van der Waals surface area contributed by atoms with E-state index in [1.165, 1.54) is 9.87 Å². The molecule has 1 atom stereocenters. The number of hydrogen-bond acceptors (Lipinski definition) is 3. The van der Waals surface area contributed by atoms with E-state index in [1.807, 2.05) is 71.9 Å². The van der Waals surface area contributed by atoms with Gasteiger partial charge in [0.1, 0.15) is 6.54 Å². The Morgan fingerprint density at radius 3 is 2.06 bits per heavy atom. The molecule has 0 saturated heterocycles. The van der Waals surface area contributed by atoms with Crippen LogP contribution in [0.4, 0.5) is 5.69 Å². The standard InChI is InChI=1S/C27H32N2O3S/c1-18-7-12-25(13-8-18)33(31,32)29(26-14-9-19(2)15-22(26)5)17-27(30)28-23(6)24-11-10-20(3)21(4)16-24/h7-16,23H,17H2,1-6H3,(H,28,30). The molecule has 1 N–H and O–H groups in total. The molecule has 0 spiro atoms. The van der Waals surface area contributed by atoms with Crippen molar-refractivity contribution in [3.05, 3.63) is 94.0 Å². The van der Waals surface area contributed by atoms with Crippen LogP contribution in [0.5, 0.6) is 0 Å². The van der Waals surface area contributed by atoms with Gasteiger partial charge >= 0.3 is 0 Å². The SMILES string of the molecule is Cc1ccc(S(=O)(=O)N(CC(=O)NC(C)c2ccc(C)c(C)c2)c2ccc(C)cc2C)cc1. The first-order valence-corrected chi connectivity index (χ1v) is 12.5. The lowest BCUT2D eigenvalue weighted by Gasteiger charge is -2.27. The minimum Gasteiger partial charge on any atom is -0.348 e. The fraction of sp³-hybridized carbons (Fsp3) is 0.296. The third kappa shape index (κ3) is 5.63. The molecule has 0 aliphatic heterocycles. The van der Waals surface area contributed by atoms with E-state index >= 15 is 0 Å². The number of carbonyl (C=O) groups is 1. The van der Waals surface area contributed by atoms with Gasteiger partial charge in [0.25, 0.3) is 10.0 Å². The van der Waals surface area contributed by atoms with Crippen LogP contribution in [0.3, 0.4) is 0 Å². The zero-order valence-electron chi connectivity index (χ0n) is 20.1. The first kappa shape index (κ1) is 24.5. The smallest absolute Gasteiger partial charge is 0.264 e. The van der Waals surface area contributed by atoms with Crippen molar-refractivity contribution >= 4 is 21.6 Å². The topological polar surface area (TPSA) is 66.5 Å². The molecule has 0 aliphatic carbocycles. The lowest BCUT2D eigenvalue weighted by atomic mass is 10.0. The van der Waals surface area contributed by atoms with E-state index < -0.39 is 10.0 Å². The molecule has 5 nitrogen and oxygen atoms in total. The van der Waals surface area contributed by atoms with Crippen molar-refractivity contribution < 1.29 is 13.2 Å². The van der Waals surface area contributed by atoms with E-state index in [0.717, 1.165) is 27.8 Å². The van der Waals surface area contributed by atoms with Gasteiger partial charge in [0, 0.05) is 0 Å². The van der Waals surface area contributed by atoms with Crippen molar-refractivity contribution in [3.8, 4) is 0 Å². The van der Waals surface area contributed by atoms with Crippen LogP contribution < -0.4 is 9.62 Å². The monoisotopic (exact) mass is 464 g/mol. The molecule has 3 aromatic carbocycles. The highest BCUT2D eigenvalue weighted by molar-refractivity contribution is 7.92. The summed E-state index contributed by atoms with van der Waals surface area (Å²) < 4.78 is 28.4. The van der Waals surface area contributed by atoms with Gasteiger partial charge in [0.05, 0.1) is 16.6 Å². The van der Waals surface area contributed by atoms with Crippen molar-refractivity contribution in [3.63, 3.8) is 0 Å². The Morgan fingerprint density at radius 1 is 0.818 bits per heavy atom. The predicted molar refractivity (Wildman–Crippen MR) is 134 cm³/mol. The number of sulfonamides is 1. The zero-order valence-corrected chi connectivity index (χ0v) is 21.0. The lowest BCUT2D eigenvalue weighted by molar-refractivity contribution is -0.120. The van der Waals surface area contributed by atoms with Crippen LogP contribution in [0.1, 0.15) is 46.3 Å². The summed E-state index contributed by atoms with van der Waals surface area (Å²) in [4.78, 5) is 13.2. The minimum atomic E-state index is -3.94. The van der Waals surface area contributed by atoms with Crippen molar-refractivity contribution in [1.82, 2.24) is 5.32 Å². The number of nitrogens with one attached hydrogen (secondary N) is 1. The van der Waals surface area contributed by atoms with E-state index in [1.54, 1.807) is 30.3 Å². The molecule has 6 heteroatoms. The fourth-order valence-electron chi connectivity index (χ4n) is 3.76. The van der Waals surface area contributed by atoms with Crippen LogP contribution in [0, 0.1) is 34.6 Å². The maximum absolute atomic E-state index is 13.6. The lowest BCUT2D eigenvalue weighted by Crippen LogP contribution is -2.42. The normalized spacial score (nSPS) is 12.3. The summed E-state index contributed by atoms with van der Waals surface area (Å²) in [6, 6.07) is 18.0. The summed E-state index contributed by atoms with van der Waals surface area (Å²) in [5, 5.41) is 2.96. The van der Waals surface area contributed by atoms with Crippen LogP contribution in [-0.2, 0) is 14.8 Å². The molecule has 1 amide bonds. The van der Waals surface area contributed by atoms with Crippen LogP contribution in [0.25, 0.3) is 0 Å². The number of nitrogens with zero attached hydrogens (tertiary/aromatic N) is 1. The number of benzene rings is 3. The van der Waals surface area contributed by atoms with Crippen LogP contribution in [-0.4, -0.2) is 20.9 Å². The van der Waals surface area contributed by atoms with Crippen molar-refractivity contribution in [2.75, 3.05) is 10.8 Å². The summed E-state index contributed by atoms with van der Waals surface area (Å²) in [7, 11) is -3.94. The first-order valence-electron chi connectivity index (χ1n) is 11.0. The minimum absolute atomic E-state index is 0.156. The molecule has 0 radical (unpaired) electrons. The fourth-order valence-corrected chi connectivity index (χ4v) is 5.24. The van der Waals surface area contributed by atoms with E-state index in [9.17, 15) is 13.2 Å². The van der Waals surface area contributed by atoms with Crippen LogP contribution in [0.2, 0.25) is 0 Å². The third-order valence-electron chi connectivity index (χ3n) is 5.93. The highest BCUT2D eigenvalue weighted by atomic mass is 32.2. The predicted octanol–water partition coefficient (Wildman–Crippen LogP) is 5.30. The third-order valence-corrected chi connectivity index (χ3v) is 7.70. The number of amides is 1. The van der Waals surface area contributed by atoms with E-state index in [4.69, 9.17) is 0 Å². The Balaban J connectivity index is 1.93. The summed E-state index contributed by atoms with van der Waals surface area (Å²) in [5.74, 6) is -0.364. The number of hydrogen-bond donors (Lipinski definition) is 1. The Hall–Kier alpha value is -3.12. The molecular formula is C27H32N2O3S. The van der Waals surface area contributed by atoms with E-state index in [0.29, 0.717) is 5.69 Å². The molecule has 3 rings (SSSR count). The maximum Gasteiger partial charge on any atom is 0.264 e. The van der Waals surface area contributed by atoms with E-state index in [-0.39, 0.29) is 23.4 Å². The largest absolute Gasteiger partial charge is 0.348 e. The Labute approximate surface area is 197 Å². The van der Waals surface area contributed by atoms with Gasteiger partial charge in [-0.15, -0.1) is 0 Å². The van der Waals surface area contributed by atoms with Crippen LogP contribution >= 0.6 is 0 Å². The van der Waals surface area contributed by atoms with Crippen molar-refractivity contribution in [1.29, 1.82) is 0 Å². The van der Waals surface area contributed by atoms with E-state index in [2.05, 4.69) is 5.32 Å². The number of rotatable bonds is 7. The summed E-state index contributed by atoms with van der Waals surface area (Å²) in [6.07, 6.45) is 0. The molecule has 0 heterocycles. The number of aryl methyl sites for hydroxylation is 5. The summed E-state index contributed by atoms with van der Waals surface area (Å²) >= 11 is 0. The van der Waals surface area contributed by atoms with Crippen molar-refractivity contribution in [2.45, 2.75) is 52.5 Å². The molecule has 0 fully saturated rings. The van der Waals surface area contributed by atoms with Gasteiger partial charge in [-0.25, -0.2) is 8.42 Å². The average Bonchev–Trinajstić information content (AvgIpc) is 2.74. The summed E-state index contributed by atoms with van der Waals surface area (Å²) in [5.41, 5.74) is 6.58. The number of anilines is 1. The van der Waals surface area contributed by atoms with Gasteiger partial charge < -0.3 is 5.32 Å². The molecule has 0 bridgehead atoms. The average molecular weight is 465 g/mol. The van der Waals surface area contributed by atoms with Gasteiger partial charge in [-0.05, 0) is 82.0 Å². The number of carbonyl (C=O) groups excluding carboxylic acids is 1. The van der Waals surface area contributed by atoms with Gasteiger partial charge in [-0.2, -0.15) is 0 Å². The molecule has 0 aromatic heterocycles. The second-order valence-electron chi connectivity index (χ2n) is 8.75. The maximum atomic E-state index is 13.6. The molecule has 1 unspecified atom stereocenters. The Bertz CT molecular complexity index is 1270. The zero-order chi connectivity index (χ0) is 24.3. The second kappa shape index (κ2) is 9.79. The molecule has 3 aromatic rings. The summed E-state index contributed by atoms with van der Waals surface area (Å²) in [6.45, 7) is 11.4. The molecular weight excluding hydrogens is 432 g/mol. The Kier molecular flexibility index (Phi) is 7.28. The highest BCUT2D eigenvalue weighted by Gasteiger charge is 2.28. The second-order valence-corrected chi connectivity index (χ2v) is 10.6. The van der Waals surface area contributed by atoms with Gasteiger partial charge in [0.15, 0.2) is 0 Å². The molecule has 174 valence electrons. The van der Waals surface area contributed by atoms with Gasteiger partial charge in [0.2, 0.25) is 5.91 Å². The van der Waals surface area contributed by atoms with Gasteiger partial charge in [-0.1, -0.05) is 53.6 Å².